The minimum Gasteiger partial charge on any atom is -0.348 e. The molecule has 4 heteroatoms. The molecule has 142 valence electrons. The maximum atomic E-state index is 12.7. The lowest BCUT2D eigenvalue weighted by Crippen LogP contribution is -2.23. The van der Waals surface area contributed by atoms with E-state index in [4.69, 9.17) is 0 Å². The summed E-state index contributed by atoms with van der Waals surface area (Å²) < 4.78 is 0. The molecule has 2 amide bonds. The zero-order valence-electron chi connectivity index (χ0n) is 16.4. The van der Waals surface area contributed by atoms with Crippen molar-refractivity contribution in [3.8, 4) is 0 Å². The van der Waals surface area contributed by atoms with E-state index in [9.17, 15) is 9.59 Å². The van der Waals surface area contributed by atoms with Gasteiger partial charge in [0.25, 0.3) is 11.8 Å². The van der Waals surface area contributed by atoms with Crippen molar-refractivity contribution in [2.24, 2.45) is 0 Å². The van der Waals surface area contributed by atoms with Crippen LogP contribution in [0.25, 0.3) is 0 Å². The van der Waals surface area contributed by atoms with Gasteiger partial charge in [-0.2, -0.15) is 0 Å². The van der Waals surface area contributed by atoms with Crippen LogP contribution < -0.4 is 10.6 Å². The van der Waals surface area contributed by atoms with Crippen molar-refractivity contribution in [1.29, 1.82) is 0 Å². The average molecular weight is 372 g/mol. The molecule has 0 saturated heterocycles. The molecule has 0 radical (unpaired) electrons. The first-order valence-electron chi connectivity index (χ1n) is 9.25. The SMILES string of the molecule is Cc1cccc(CNC(=O)c2cccc(C(=O)Nc3c(C)cccc3C)c2)c1. The number of carbonyl (C=O) groups is 2. The molecule has 0 fully saturated rings. The summed E-state index contributed by atoms with van der Waals surface area (Å²) in [6.45, 7) is 6.37. The van der Waals surface area contributed by atoms with E-state index in [1.807, 2.05) is 63.2 Å². The molecule has 4 nitrogen and oxygen atoms in total. The number of carbonyl (C=O) groups excluding carboxylic acids is 2. The van der Waals surface area contributed by atoms with Crippen LogP contribution in [-0.2, 0) is 6.54 Å². The second kappa shape index (κ2) is 8.53. The van der Waals surface area contributed by atoms with E-state index in [0.29, 0.717) is 17.7 Å². The summed E-state index contributed by atoms with van der Waals surface area (Å²) in [5, 5.41) is 5.86. The molecule has 0 atom stereocenters. The number of anilines is 1. The molecule has 28 heavy (non-hydrogen) atoms. The number of rotatable bonds is 5. The molecule has 0 saturated carbocycles. The van der Waals surface area contributed by atoms with E-state index in [-0.39, 0.29) is 11.8 Å². The third-order valence-electron chi connectivity index (χ3n) is 4.64. The molecule has 2 N–H and O–H groups in total. The summed E-state index contributed by atoms with van der Waals surface area (Å²) in [6.07, 6.45) is 0. The minimum atomic E-state index is -0.231. The van der Waals surface area contributed by atoms with Gasteiger partial charge in [-0.05, 0) is 55.7 Å². The molecule has 3 aromatic carbocycles. The highest BCUT2D eigenvalue weighted by molar-refractivity contribution is 6.06. The Kier molecular flexibility index (Phi) is 5.90. The number of hydrogen-bond acceptors (Lipinski definition) is 2. The molecule has 3 rings (SSSR count). The first-order valence-corrected chi connectivity index (χ1v) is 9.25. The van der Waals surface area contributed by atoms with Crippen molar-refractivity contribution < 1.29 is 9.59 Å². The second-order valence-electron chi connectivity index (χ2n) is 6.97. The summed E-state index contributed by atoms with van der Waals surface area (Å²) >= 11 is 0. The van der Waals surface area contributed by atoms with E-state index < -0.39 is 0 Å². The molecule has 0 aliphatic heterocycles. The van der Waals surface area contributed by atoms with Crippen molar-refractivity contribution in [3.63, 3.8) is 0 Å². The van der Waals surface area contributed by atoms with E-state index >= 15 is 0 Å². The standard InChI is InChI=1S/C24H24N2O2/c1-16-7-4-10-19(13-16)15-25-23(27)20-11-6-12-21(14-20)24(28)26-22-17(2)8-5-9-18(22)3/h4-14H,15H2,1-3H3,(H,25,27)(H,26,28). The average Bonchev–Trinajstić information content (AvgIpc) is 2.69. The van der Waals surface area contributed by atoms with Gasteiger partial charge in [0.1, 0.15) is 0 Å². The lowest BCUT2D eigenvalue weighted by molar-refractivity contribution is 0.0951. The molecule has 0 aliphatic carbocycles. The van der Waals surface area contributed by atoms with E-state index in [1.54, 1.807) is 24.3 Å². The van der Waals surface area contributed by atoms with Gasteiger partial charge in [0.2, 0.25) is 0 Å². The Balaban J connectivity index is 1.70. The van der Waals surface area contributed by atoms with E-state index in [2.05, 4.69) is 10.6 Å². The molecule has 0 heterocycles. The molecule has 0 aliphatic rings. The van der Waals surface area contributed by atoms with Gasteiger partial charge in [-0.1, -0.05) is 54.1 Å². The number of aryl methyl sites for hydroxylation is 3. The van der Waals surface area contributed by atoms with Crippen LogP contribution >= 0.6 is 0 Å². The normalized spacial score (nSPS) is 10.4. The smallest absolute Gasteiger partial charge is 0.255 e. The van der Waals surface area contributed by atoms with E-state index in [1.165, 1.54) is 0 Å². The zero-order chi connectivity index (χ0) is 20.1. The van der Waals surface area contributed by atoms with Crippen LogP contribution in [0.1, 0.15) is 43.0 Å². The van der Waals surface area contributed by atoms with Crippen molar-refractivity contribution in [1.82, 2.24) is 5.32 Å². The van der Waals surface area contributed by atoms with Gasteiger partial charge < -0.3 is 10.6 Å². The van der Waals surface area contributed by atoms with Crippen molar-refractivity contribution in [2.45, 2.75) is 27.3 Å². The summed E-state index contributed by atoms with van der Waals surface area (Å²) in [7, 11) is 0. The molecular formula is C24H24N2O2. The van der Waals surface area contributed by atoms with Crippen LogP contribution in [0, 0.1) is 20.8 Å². The number of benzene rings is 3. The fourth-order valence-electron chi connectivity index (χ4n) is 3.11. The number of hydrogen-bond donors (Lipinski definition) is 2. The van der Waals surface area contributed by atoms with Gasteiger partial charge in [-0.15, -0.1) is 0 Å². The molecule has 0 unspecified atom stereocenters. The lowest BCUT2D eigenvalue weighted by Gasteiger charge is -2.12. The van der Waals surface area contributed by atoms with Crippen LogP contribution in [0.4, 0.5) is 5.69 Å². The first kappa shape index (κ1) is 19.4. The number of nitrogens with one attached hydrogen (secondary N) is 2. The Morgan fingerprint density at radius 1 is 0.750 bits per heavy atom. The quantitative estimate of drug-likeness (QED) is 0.676. The van der Waals surface area contributed by atoms with Crippen LogP contribution in [0.5, 0.6) is 0 Å². The van der Waals surface area contributed by atoms with E-state index in [0.717, 1.165) is 27.9 Å². The Hall–Kier alpha value is -3.40. The van der Waals surface area contributed by atoms with Crippen molar-refractivity contribution in [3.05, 3.63) is 100 Å². The maximum Gasteiger partial charge on any atom is 0.255 e. The zero-order valence-corrected chi connectivity index (χ0v) is 16.4. The van der Waals surface area contributed by atoms with Gasteiger partial charge in [-0.3, -0.25) is 9.59 Å². The van der Waals surface area contributed by atoms with Gasteiger partial charge in [0, 0.05) is 23.4 Å². The highest BCUT2D eigenvalue weighted by atomic mass is 16.2. The first-order chi connectivity index (χ1) is 13.4. The third kappa shape index (κ3) is 4.65. The predicted molar refractivity (Wildman–Crippen MR) is 113 cm³/mol. The Morgan fingerprint density at radius 3 is 2.04 bits per heavy atom. The summed E-state index contributed by atoms with van der Waals surface area (Å²) in [4.78, 5) is 25.2. The molecular weight excluding hydrogens is 348 g/mol. The number of amides is 2. The van der Waals surface area contributed by atoms with Gasteiger partial charge in [0.15, 0.2) is 0 Å². The highest BCUT2D eigenvalue weighted by Gasteiger charge is 2.12. The number of para-hydroxylation sites is 1. The minimum absolute atomic E-state index is 0.205. The van der Waals surface area contributed by atoms with Gasteiger partial charge in [0.05, 0.1) is 0 Å². The molecule has 0 spiro atoms. The van der Waals surface area contributed by atoms with Crippen LogP contribution in [0.15, 0.2) is 66.7 Å². The van der Waals surface area contributed by atoms with Crippen LogP contribution in [0.3, 0.4) is 0 Å². The van der Waals surface area contributed by atoms with Crippen LogP contribution in [0.2, 0.25) is 0 Å². The molecule has 0 aromatic heterocycles. The Morgan fingerprint density at radius 2 is 1.36 bits per heavy atom. The molecule has 0 bridgehead atoms. The fraction of sp³-hybridized carbons (Fsp3) is 0.167. The van der Waals surface area contributed by atoms with Crippen molar-refractivity contribution >= 4 is 17.5 Å². The largest absolute Gasteiger partial charge is 0.348 e. The maximum absolute atomic E-state index is 12.7. The van der Waals surface area contributed by atoms with Crippen molar-refractivity contribution in [2.75, 3.05) is 5.32 Å². The lowest BCUT2D eigenvalue weighted by atomic mass is 10.1. The van der Waals surface area contributed by atoms with Crippen LogP contribution in [-0.4, -0.2) is 11.8 Å². The summed E-state index contributed by atoms with van der Waals surface area (Å²) in [5.74, 6) is -0.436. The monoisotopic (exact) mass is 372 g/mol. The summed E-state index contributed by atoms with van der Waals surface area (Å²) in [6, 6.07) is 20.6. The fourth-order valence-corrected chi connectivity index (χ4v) is 3.11. The highest BCUT2D eigenvalue weighted by Crippen LogP contribution is 2.20. The van der Waals surface area contributed by atoms with Gasteiger partial charge in [-0.25, -0.2) is 0 Å². The Labute approximate surface area is 165 Å². The summed E-state index contributed by atoms with van der Waals surface area (Å²) in [5.41, 5.74) is 5.91. The molecule has 3 aromatic rings. The Bertz CT molecular complexity index is 1000. The topological polar surface area (TPSA) is 58.2 Å². The third-order valence-corrected chi connectivity index (χ3v) is 4.64. The second-order valence-corrected chi connectivity index (χ2v) is 6.97. The van der Waals surface area contributed by atoms with Gasteiger partial charge >= 0.3 is 0 Å². The predicted octanol–water partition coefficient (Wildman–Crippen LogP) is 4.79.